The summed E-state index contributed by atoms with van der Waals surface area (Å²) in [6.07, 6.45) is 3.76. The van der Waals surface area contributed by atoms with Gasteiger partial charge in [-0.2, -0.15) is 0 Å². The van der Waals surface area contributed by atoms with E-state index < -0.39 is 0 Å². The highest BCUT2D eigenvalue weighted by molar-refractivity contribution is 5.77. The normalized spacial score (nSPS) is 16.9. The molecule has 0 aliphatic heterocycles. The molecule has 0 radical (unpaired) electrons. The van der Waals surface area contributed by atoms with Gasteiger partial charge in [-0.05, 0) is 80.0 Å². The molecule has 2 unspecified atom stereocenters. The fourth-order valence-corrected chi connectivity index (χ4v) is 3.88. The predicted octanol–water partition coefficient (Wildman–Crippen LogP) is 4.78. The summed E-state index contributed by atoms with van der Waals surface area (Å²) >= 11 is 0. The second-order valence-electron chi connectivity index (χ2n) is 7.15. The summed E-state index contributed by atoms with van der Waals surface area (Å²) in [7, 11) is 1.69. The zero-order valence-electron chi connectivity index (χ0n) is 16.5. The molecule has 0 fully saturated rings. The fourth-order valence-electron chi connectivity index (χ4n) is 3.88. The minimum Gasteiger partial charge on any atom is -0.497 e. The van der Waals surface area contributed by atoms with Crippen molar-refractivity contribution in [1.82, 2.24) is 5.32 Å². The number of benzene rings is 2. The number of nitrogens with one attached hydrogen (secondary N) is 1. The molecule has 0 spiro atoms. The number of rotatable bonds is 7. The van der Waals surface area contributed by atoms with E-state index in [9.17, 15) is 4.79 Å². The van der Waals surface area contributed by atoms with Crippen LogP contribution in [-0.2, 0) is 11.2 Å². The van der Waals surface area contributed by atoms with E-state index in [1.165, 1.54) is 11.1 Å². The molecule has 27 heavy (non-hydrogen) atoms. The molecule has 1 amide bonds. The van der Waals surface area contributed by atoms with Gasteiger partial charge in [0, 0.05) is 6.42 Å². The van der Waals surface area contributed by atoms with Crippen molar-refractivity contribution in [3.05, 3.63) is 59.2 Å². The lowest BCUT2D eigenvalue weighted by Crippen LogP contribution is -2.28. The fraction of sp³-hybridized carbons (Fsp3) is 0.435. The third-order valence-corrected chi connectivity index (χ3v) is 5.27. The molecular weight excluding hydrogens is 338 g/mol. The number of hydrogen-bond donors (Lipinski definition) is 1. The third kappa shape index (κ3) is 4.82. The Labute approximate surface area is 161 Å². The van der Waals surface area contributed by atoms with Crippen LogP contribution in [0.5, 0.6) is 11.5 Å². The smallest absolute Gasteiger partial charge is 0.221 e. The Hall–Kier alpha value is -2.49. The van der Waals surface area contributed by atoms with Crippen LogP contribution in [0.15, 0.2) is 42.5 Å². The minimum atomic E-state index is -0.0446. The van der Waals surface area contributed by atoms with Gasteiger partial charge in [-0.15, -0.1) is 0 Å². The van der Waals surface area contributed by atoms with Crippen molar-refractivity contribution in [2.45, 2.75) is 51.5 Å². The molecule has 0 heterocycles. The molecule has 1 aliphatic carbocycles. The lowest BCUT2D eigenvalue weighted by atomic mass is 9.81. The van der Waals surface area contributed by atoms with Gasteiger partial charge in [0.05, 0.1) is 19.8 Å². The van der Waals surface area contributed by atoms with E-state index in [0.717, 1.165) is 36.3 Å². The number of amides is 1. The van der Waals surface area contributed by atoms with Crippen LogP contribution in [0.2, 0.25) is 0 Å². The Morgan fingerprint density at radius 3 is 2.85 bits per heavy atom. The first-order valence-corrected chi connectivity index (χ1v) is 9.79. The monoisotopic (exact) mass is 367 g/mol. The second-order valence-corrected chi connectivity index (χ2v) is 7.15. The first kappa shape index (κ1) is 19.3. The van der Waals surface area contributed by atoms with Crippen molar-refractivity contribution in [3.63, 3.8) is 0 Å². The molecule has 0 saturated heterocycles. The van der Waals surface area contributed by atoms with Gasteiger partial charge in [-0.3, -0.25) is 4.79 Å². The van der Waals surface area contributed by atoms with Gasteiger partial charge in [0.2, 0.25) is 5.91 Å². The first-order valence-electron chi connectivity index (χ1n) is 9.79. The molecule has 2 atom stereocenters. The van der Waals surface area contributed by atoms with Crippen molar-refractivity contribution in [3.8, 4) is 11.5 Å². The molecule has 4 heteroatoms. The molecular formula is C23H29NO3. The number of aryl methyl sites for hydroxylation is 1. The highest BCUT2D eigenvalue weighted by atomic mass is 16.5. The quantitative estimate of drug-likeness (QED) is 0.766. The van der Waals surface area contributed by atoms with Crippen molar-refractivity contribution >= 4 is 5.91 Å². The van der Waals surface area contributed by atoms with Crippen LogP contribution in [0.1, 0.15) is 61.8 Å². The summed E-state index contributed by atoms with van der Waals surface area (Å²) in [5, 5.41) is 3.15. The molecule has 4 nitrogen and oxygen atoms in total. The van der Waals surface area contributed by atoms with Gasteiger partial charge in [0.25, 0.3) is 0 Å². The zero-order chi connectivity index (χ0) is 19.2. The van der Waals surface area contributed by atoms with Crippen molar-refractivity contribution in [2.24, 2.45) is 0 Å². The molecule has 0 aromatic heterocycles. The second kappa shape index (κ2) is 8.94. The number of ether oxygens (including phenoxy) is 2. The van der Waals surface area contributed by atoms with Crippen LogP contribution in [0.25, 0.3) is 0 Å². The summed E-state index contributed by atoms with van der Waals surface area (Å²) in [6, 6.07) is 14.1. The Kier molecular flexibility index (Phi) is 6.38. The van der Waals surface area contributed by atoms with Gasteiger partial charge >= 0.3 is 0 Å². The lowest BCUT2D eigenvalue weighted by Gasteiger charge is -2.26. The van der Waals surface area contributed by atoms with E-state index in [0.29, 0.717) is 13.0 Å². The summed E-state index contributed by atoms with van der Waals surface area (Å²) in [6.45, 7) is 4.62. The zero-order valence-corrected chi connectivity index (χ0v) is 16.5. The Morgan fingerprint density at radius 2 is 2.07 bits per heavy atom. The van der Waals surface area contributed by atoms with Crippen LogP contribution in [0.3, 0.4) is 0 Å². The van der Waals surface area contributed by atoms with Gasteiger partial charge in [0.1, 0.15) is 11.5 Å². The minimum absolute atomic E-state index is 0.0446. The number of carbonyl (C=O) groups is 1. The first-order chi connectivity index (χ1) is 13.1. The van der Waals surface area contributed by atoms with Crippen LogP contribution >= 0.6 is 0 Å². The van der Waals surface area contributed by atoms with Gasteiger partial charge < -0.3 is 14.8 Å². The van der Waals surface area contributed by atoms with E-state index in [2.05, 4.69) is 17.4 Å². The summed E-state index contributed by atoms with van der Waals surface area (Å²) in [5.41, 5.74) is 3.67. The molecule has 144 valence electrons. The molecule has 0 saturated carbocycles. The molecule has 2 aromatic rings. The maximum Gasteiger partial charge on any atom is 0.221 e. The average Bonchev–Trinajstić information content (AvgIpc) is 2.68. The lowest BCUT2D eigenvalue weighted by molar-refractivity contribution is -0.122. The standard InChI is InChI=1S/C23H29NO3/c1-4-27-21-10-6-7-17(13-21)16(2)24-23(25)15-19-9-5-8-18-14-20(26-3)11-12-22(18)19/h6-7,10-14,16,19H,4-5,8-9,15H2,1-3H3,(H,24,25). The Balaban J connectivity index is 1.64. The summed E-state index contributed by atoms with van der Waals surface area (Å²) in [4.78, 5) is 12.7. The molecule has 1 N–H and O–H groups in total. The molecule has 1 aliphatic rings. The summed E-state index contributed by atoms with van der Waals surface area (Å²) in [5.74, 6) is 2.10. The predicted molar refractivity (Wildman–Crippen MR) is 107 cm³/mol. The number of carbonyl (C=O) groups excluding carboxylic acids is 1. The van der Waals surface area contributed by atoms with Gasteiger partial charge in [-0.25, -0.2) is 0 Å². The largest absolute Gasteiger partial charge is 0.497 e. The Morgan fingerprint density at radius 1 is 1.22 bits per heavy atom. The Bertz CT molecular complexity index is 787. The maximum atomic E-state index is 12.7. The topological polar surface area (TPSA) is 47.6 Å². The number of hydrogen-bond acceptors (Lipinski definition) is 3. The van der Waals surface area contributed by atoms with Crippen LogP contribution < -0.4 is 14.8 Å². The van der Waals surface area contributed by atoms with E-state index in [1.807, 2.05) is 44.2 Å². The van der Waals surface area contributed by atoms with E-state index >= 15 is 0 Å². The number of fused-ring (bicyclic) bond motifs is 1. The van der Waals surface area contributed by atoms with Gasteiger partial charge in [-0.1, -0.05) is 18.2 Å². The molecule has 2 aromatic carbocycles. The van der Waals surface area contributed by atoms with Crippen molar-refractivity contribution in [2.75, 3.05) is 13.7 Å². The van der Waals surface area contributed by atoms with Crippen molar-refractivity contribution in [1.29, 1.82) is 0 Å². The van der Waals surface area contributed by atoms with Crippen LogP contribution in [0.4, 0.5) is 0 Å². The highest BCUT2D eigenvalue weighted by Crippen LogP contribution is 2.36. The van der Waals surface area contributed by atoms with E-state index in [4.69, 9.17) is 9.47 Å². The highest BCUT2D eigenvalue weighted by Gasteiger charge is 2.23. The van der Waals surface area contributed by atoms with Crippen LogP contribution in [-0.4, -0.2) is 19.6 Å². The van der Waals surface area contributed by atoms with Gasteiger partial charge in [0.15, 0.2) is 0 Å². The van der Waals surface area contributed by atoms with Crippen molar-refractivity contribution < 1.29 is 14.3 Å². The SMILES string of the molecule is CCOc1cccc(C(C)NC(=O)CC2CCCc3cc(OC)ccc32)c1. The summed E-state index contributed by atoms with van der Waals surface area (Å²) < 4.78 is 10.9. The number of methoxy groups -OCH3 is 1. The van der Waals surface area contributed by atoms with E-state index in [-0.39, 0.29) is 17.9 Å². The average molecular weight is 367 g/mol. The molecule has 0 bridgehead atoms. The molecule has 3 rings (SSSR count). The van der Waals surface area contributed by atoms with Crippen LogP contribution in [0, 0.1) is 0 Å². The third-order valence-electron chi connectivity index (χ3n) is 5.27. The van der Waals surface area contributed by atoms with E-state index in [1.54, 1.807) is 7.11 Å². The maximum absolute atomic E-state index is 12.7.